The molecule has 1 atom stereocenters. The van der Waals surface area contributed by atoms with Crippen LogP contribution in [0.2, 0.25) is 0 Å². The van der Waals surface area contributed by atoms with Gasteiger partial charge in [0.2, 0.25) is 5.91 Å². The van der Waals surface area contributed by atoms with E-state index in [-0.39, 0.29) is 5.91 Å². The zero-order chi connectivity index (χ0) is 19.6. The molecule has 2 aromatic carbocycles. The summed E-state index contributed by atoms with van der Waals surface area (Å²) in [7, 11) is 1.58. The van der Waals surface area contributed by atoms with Crippen molar-refractivity contribution in [2.75, 3.05) is 7.11 Å². The van der Waals surface area contributed by atoms with Gasteiger partial charge < -0.3 is 10.1 Å². The second kappa shape index (κ2) is 7.44. The molecule has 27 heavy (non-hydrogen) atoms. The van der Waals surface area contributed by atoms with Crippen molar-refractivity contribution in [2.45, 2.75) is 19.4 Å². The lowest BCUT2D eigenvalue weighted by Crippen LogP contribution is -2.43. The van der Waals surface area contributed by atoms with E-state index in [1.165, 1.54) is 30.4 Å². The number of nitrogens with one attached hydrogen (secondary N) is 1. The van der Waals surface area contributed by atoms with Gasteiger partial charge in [0.15, 0.2) is 0 Å². The third-order valence-electron chi connectivity index (χ3n) is 4.18. The van der Waals surface area contributed by atoms with Crippen LogP contribution in [0, 0.1) is 11.6 Å². The van der Waals surface area contributed by atoms with Gasteiger partial charge in [0.1, 0.15) is 27.9 Å². The number of hydrogen-bond donors (Lipinski definition) is 1. The Kier molecular flexibility index (Phi) is 5.23. The fourth-order valence-corrected chi connectivity index (χ4v) is 3.83. The van der Waals surface area contributed by atoms with Gasteiger partial charge in [-0.3, -0.25) is 4.79 Å². The maximum Gasteiger partial charge on any atom is 0.217 e. The minimum Gasteiger partial charge on any atom is -0.497 e. The molecule has 0 aliphatic carbocycles. The Morgan fingerprint density at radius 1 is 1.15 bits per heavy atom. The Bertz CT molecular complexity index is 952. The normalized spacial score (nSPS) is 13.1. The quantitative estimate of drug-likeness (QED) is 0.700. The van der Waals surface area contributed by atoms with Crippen LogP contribution in [-0.2, 0) is 10.3 Å². The van der Waals surface area contributed by atoms with Crippen LogP contribution in [0.4, 0.5) is 8.78 Å². The molecule has 1 unspecified atom stereocenters. The van der Waals surface area contributed by atoms with Crippen LogP contribution in [0.3, 0.4) is 0 Å². The standard InChI is InChI=1S/C20H18F2N2O2S/c1-12(25)24-20(2,14-4-6-17(26-3)7-5-14)19-23-18(11-27-19)13-8-15(21)10-16(22)9-13/h4-11H,1-3H3,(H,24,25). The van der Waals surface area contributed by atoms with Crippen molar-refractivity contribution in [3.05, 3.63) is 70.1 Å². The van der Waals surface area contributed by atoms with Gasteiger partial charge in [-0.1, -0.05) is 12.1 Å². The maximum atomic E-state index is 13.5. The highest BCUT2D eigenvalue weighted by atomic mass is 32.1. The minimum absolute atomic E-state index is 0.220. The summed E-state index contributed by atoms with van der Waals surface area (Å²) in [6.45, 7) is 3.27. The Balaban J connectivity index is 2.05. The number of carbonyl (C=O) groups excluding carboxylic acids is 1. The van der Waals surface area contributed by atoms with E-state index in [9.17, 15) is 13.6 Å². The number of benzene rings is 2. The van der Waals surface area contributed by atoms with Gasteiger partial charge in [-0.05, 0) is 36.8 Å². The van der Waals surface area contributed by atoms with Crippen LogP contribution in [0.1, 0.15) is 24.4 Å². The molecule has 0 fully saturated rings. The Morgan fingerprint density at radius 3 is 2.33 bits per heavy atom. The fraction of sp³-hybridized carbons (Fsp3) is 0.200. The number of aromatic nitrogens is 1. The molecule has 1 N–H and O–H groups in total. The van der Waals surface area contributed by atoms with Gasteiger partial charge in [0.25, 0.3) is 0 Å². The van der Waals surface area contributed by atoms with Gasteiger partial charge in [0.05, 0.1) is 12.8 Å². The molecule has 0 radical (unpaired) electrons. The number of carbonyl (C=O) groups is 1. The number of ether oxygens (including phenoxy) is 1. The molecule has 0 aliphatic rings. The zero-order valence-corrected chi connectivity index (χ0v) is 15.9. The number of hydrogen-bond acceptors (Lipinski definition) is 4. The summed E-state index contributed by atoms with van der Waals surface area (Å²) in [5.74, 6) is -0.862. The van der Waals surface area contributed by atoms with Gasteiger partial charge in [-0.15, -0.1) is 11.3 Å². The molecule has 1 aromatic heterocycles. The van der Waals surface area contributed by atoms with Crippen LogP contribution >= 0.6 is 11.3 Å². The summed E-state index contributed by atoms with van der Waals surface area (Å²) >= 11 is 1.31. The van der Waals surface area contributed by atoms with Crippen LogP contribution in [0.25, 0.3) is 11.3 Å². The average Bonchev–Trinajstić information content (AvgIpc) is 3.11. The molecular formula is C20H18F2N2O2S. The van der Waals surface area contributed by atoms with E-state index in [1.807, 2.05) is 19.1 Å². The summed E-state index contributed by atoms with van der Waals surface area (Å²) in [6, 6.07) is 10.6. The highest BCUT2D eigenvalue weighted by molar-refractivity contribution is 7.10. The summed E-state index contributed by atoms with van der Waals surface area (Å²) in [5, 5.41) is 5.25. The molecule has 0 spiro atoms. The Labute approximate surface area is 159 Å². The van der Waals surface area contributed by atoms with Crippen LogP contribution in [0.15, 0.2) is 47.8 Å². The molecule has 0 saturated heterocycles. The third-order valence-corrected chi connectivity index (χ3v) is 5.25. The molecular weight excluding hydrogens is 370 g/mol. The molecule has 3 aromatic rings. The van der Waals surface area contributed by atoms with E-state index in [0.717, 1.165) is 11.6 Å². The zero-order valence-electron chi connectivity index (χ0n) is 15.0. The molecule has 7 heteroatoms. The maximum absolute atomic E-state index is 13.5. The van der Waals surface area contributed by atoms with Crippen molar-refractivity contribution in [3.63, 3.8) is 0 Å². The Morgan fingerprint density at radius 2 is 1.78 bits per heavy atom. The summed E-state index contributed by atoms with van der Waals surface area (Å²) in [5.41, 5.74) is 0.700. The van der Waals surface area contributed by atoms with Crippen LogP contribution in [-0.4, -0.2) is 18.0 Å². The van der Waals surface area contributed by atoms with E-state index in [2.05, 4.69) is 10.3 Å². The van der Waals surface area contributed by atoms with Crippen molar-refractivity contribution in [3.8, 4) is 17.0 Å². The predicted molar refractivity (Wildman–Crippen MR) is 101 cm³/mol. The first-order valence-electron chi connectivity index (χ1n) is 8.17. The largest absolute Gasteiger partial charge is 0.497 e. The summed E-state index contributed by atoms with van der Waals surface area (Å²) < 4.78 is 32.2. The predicted octanol–water partition coefficient (Wildman–Crippen LogP) is 4.50. The second-order valence-corrected chi connectivity index (χ2v) is 7.09. The van der Waals surface area contributed by atoms with E-state index in [4.69, 9.17) is 4.74 Å². The molecule has 1 amide bonds. The summed E-state index contributed by atoms with van der Waals surface area (Å²) in [4.78, 5) is 16.4. The first-order chi connectivity index (χ1) is 12.8. The van der Waals surface area contributed by atoms with E-state index >= 15 is 0 Å². The topological polar surface area (TPSA) is 51.2 Å². The Hall–Kier alpha value is -2.80. The third kappa shape index (κ3) is 3.98. The van der Waals surface area contributed by atoms with Crippen molar-refractivity contribution < 1.29 is 18.3 Å². The van der Waals surface area contributed by atoms with Crippen molar-refractivity contribution in [2.24, 2.45) is 0 Å². The minimum atomic E-state index is -0.896. The van der Waals surface area contributed by atoms with Gasteiger partial charge >= 0.3 is 0 Å². The molecule has 0 aliphatic heterocycles. The number of rotatable bonds is 5. The second-order valence-electron chi connectivity index (χ2n) is 6.23. The number of methoxy groups -OCH3 is 1. The van der Waals surface area contributed by atoms with Gasteiger partial charge in [0, 0.05) is 23.9 Å². The van der Waals surface area contributed by atoms with Crippen LogP contribution < -0.4 is 10.1 Å². The lowest BCUT2D eigenvalue weighted by Gasteiger charge is -2.29. The van der Waals surface area contributed by atoms with E-state index in [0.29, 0.717) is 22.0 Å². The smallest absolute Gasteiger partial charge is 0.217 e. The highest BCUT2D eigenvalue weighted by Gasteiger charge is 2.33. The van der Waals surface area contributed by atoms with E-state index in [1.54, 1.807) is 24.6 Å². The molecule has 140 valence electrons. The highest BCUT2D eigenvalue weighted by Crippen LogP contribution is 2.35. The molecule has 4 nitrogen and oxygen atoms in total. The van der Waals surface area contributed by atoms with Crippen LogP contribution in [0.5, 0.6) is 5.75 Å². The van der Waals surface area contributed by atoms with Crippen molar-refractivity contribution in [1.82, 2.24) is 10.3 Å². The molecule has 1 heterocycles. The first kappa shape index (κ1) is 19.0. The number of nitrogens with zero attached hydrogens (tertiary/aromatic N) is 1. The summed E-state index contributed by atoms with van der Waals surface area (Å²) in [6.07, 6.45) is 0. The van der Waals surface area contributed by atoms with Gasteiger partial charge in [-0.25, -0.2) is 13.8 Å². The first-order valence-corrected chi connectivity index (χ1v) is 9.05. The molecule has 3 rings (SSSR count). The number of halogens is 2. The monoisotopic (exact) mass is 388 g/mol. The lowest BCUT2D eigenvalue weighted by molar-refractivity contribution is -0.120. The van der Waals surface area contributed by atoms with E-state index < -0.39 is 17.2 Å². The number of amides is 1. The molecule has 0 saturated carbocycles. The van der Waals surface area contributed by atoms with Crippen molar-refractivity contribution in [1.29, 1.82) is 0 Å². The average molecular weight is 388 g/mol. The van der Waals surface area contributed by atoms with Gasteiger partial charge in [-0.2, -0.15) is 0 Å². The van der Waals surface area contributed by atoms with Crippen molar-refractivity contribution >= 4 is 17.2 Å². The number of thiazole rings is 1. The lowest BCUT2D eigenvalue weighted by atomic mass is 9.92. The molecule has 0 bridgehead atoms. The SMILES string of the molecule is COc1ccc(C(C)(NC(C)=O)c2nc(-c3cc(F)cc(F)c3)cs2)cc1. The fourth-order valence-electron chi connectivity index (χ4n) is 2.86.